The van der Waals surface area contributed by atoms with E-state index in [0.717, 1.165) is 37.9 Å². The molecule has 1 N–H and O–H groups in total. The highest BCUT2D eigenvalue weighted by Gasteiger charge is 2.23. The smallest absolute Gasteiger partial charge is 0.250 e. The first-order valence-corrected chi connectivity index (χ1v) is 6.29. The lowest BCUT2D eigenvalue weighted by atomic mass is 10.0. The predicted molar refractivity (Wildman–Crippen MR) is 69.6 cm³/mol. The van der Waals surface area contributed by atoms with Gasteiger partial charge in [0.2, 0.25) is 5.91 Å². The van der Waals surface area contributed by atoms with Crippen LogP contribution in [0.1, 0.15) is 19.3 Å². The van der Waals surface area contributed by atoms with E-state index in [9.17, 15) is 4.79 Å². The molecule has 0 aromatic carbocycles. The lowest BCUT2D eigenvalue weighted by Crippen LogP contribution is -2.44. The average molecular weight is 232 g/mol. The summed E-state index contributed by atoms with van der Waals surface area (Å²) in [5.41, 5.74) is 0.885. The van der Waals surface area contributed by atoms with Crippen LogP contribution in [-0.2, 0) is 4.79 Å². The summed E-state index contributed by atoms with van der Waals surface area (Å²) in [6.07, 6.45) is 12.7. The van der Waals surface area contributed by atoms with Crippen molar-refractivity contribution in [2.45, 2.75) is 25.3 Å². The molecule has 1 amide bonds. The fraction of sp³-hybridized carbons (Fsp3) is 0.500. The van der Waals surface area contributed by atoms with E-state index in [1.165, 1.54) is 0 Å². The summed E-state index contributed by atoms with van der Waals surface area (Å²) in [7, 11) is 1.93. The van der Waals surface area contributed by atoms with E-state index in [1.54, 1.807) is 0 Å². The molecule has 1 aliphatic carbocycles. The van der Waals surface area contributed by atoms with Gasteiger partial charge in [0.15, 0.2) is 0 Å². The molecule has 0 atom stereocenters. The zero-order chi connectivity index (χ0) is 12.1. The highest BCUT2D eigenvalue weighted by atomic mass is 16.2. The third kappa shape index (κ3) is 3.07. The number of nitrogens with one attached hydrogen (secondary N) is 1. The third-order valence-corrected chi connectivity index (χ3v) is 3.44. The third-order valence-electron chi connectivity index (χ3n) is 3.44. The monoisotopic (exact) mass is 232 g/mol. The molecule has 2 aliphatic rings. The fourth-order valence-corrected chi connectivity index (χ4v) is 2.32. The molecule has 0 saturated carbocycles. The maximum Gasteiger partial charge on any atom is 0.250 e. The minimum Gasteiger partial charge on any atom is -0.339 e. The number of rotatable bonds is 2. The molecule has 17 heavy (non-hydrogen) atoms. The van der Waals surface area contributed by atoms with E-state index >= 15 is 0 Å². The molecule has 1 fully saturated rings. The standard InChI is InChI=1S/C14H20N2O/c1-16(13-8-10-15-11-9-13)14(17)12-6-4-2-3-5-7-12/h2-6,13,15H,7-11H2,1H3. The lowest BCUT2D eigenvalue weighted by molar-refractivity contribution is -0.128. The minimum atomic E-state index is 0.174. The van der Waals surface area contributed by atoms with Gasteiger partial charge in [-0.3, -0.25) is 4.79 Å². The van der Waals surface area contributed by atoms with Crippen LogP contribution < -0.4 is 5.32 Å². The molecule has 1 aliphatic heterocycles. The number of likely N-dealkylation sites (N-methyl/N-ethyl adjacent to an activating group) is 1. The van der Waals surface area contributed by atoms with Gasteiger partial charge in [-0.1, -0.05) is 30.4 Å². The van der Waals surface area contributed by atoms with Gasteiger partial charge in [-0.05, 0) is 32.4 Å². The first-order valence-electron chi connectivity index (χ1n) is 6.29. The van der Waals surface area contributed by atoms with Gasteiger partial charge in [0.1, 0.15) is 0 Å². The Bertz CT molecular complexity index is 362. The number of amides is 1. The maximum absolute atomic E-state index is 12.3. The van der Waals surface area contributed by atoms with E-state index in [0.29, 0.717) is 6.04 Å². The number of hydrogen-bond acceptors (Lipinski definition) is 2. The van der Waals surface area contributed by atoms with E-state index < -0.39 is 0 Å². The van der Waals surface area contributed by atoms with Crippen LogP contribution in [0.15, 0.2) is 36.0 Å². The Morgan fingerprint density at radius 3 is 2.82 bits per heavy atom. The number of piperidine rings is 1. The summed E-state index contributed by atoms with van der Waals surface area (Å²) in [5.74, 6) is 0.174. The van der Waals surface area contributed by atoms with Crippen molar-refractivity contribution < 1.29 is 4.79 Å². The Labute approximate surface area is 103 Å². The highest BCUT2D eigenvalue weighted by Crippen LogP contribution is 2.16. The Balaban J connectivity index is 2.00. The molecule has 0 radical (unpaired) electrons. The van der Waals surface area contributed by atoms with Crippen molar-refractivity contribution in [3.63, 3.8) is 0 Å². The van der Waals surface area contributed by atoms with E-state index in [1.807, 2.05) is 42.3 Å². The normalized spacial score (nSPS) is 20.9. The molecule has 2 rings (SSSR count). The van der Waals surface area contributed by atoms with Crippen LogP contribution in [0.4, 0.5) is 0 Å². The molecule has 3 nitrogen and oxygen atoms in total. The quantitative estimate of drug-likeness (QED) is 0.785. The summed E-state index contributed by atoms with van der Waals surface area (Å²) >= 11 is 0. The van der Waals surface area contributed by atoms with Crippen LogP contribution in [0.3, 0.4) is 0 Å². The molecule has 0 spiro atoms. The highest BCUT2D eigenvalue weighted by molar-refractivity contribution is 5.94. The van der Waals surface area contributed by atoms with Crippen LogP contribution in [0.2, 0.25) is 0 Å². The zero-order valence-electron chi connectivity index (χ0n) is 10.4. The molecule has 1 saturated heterocycles. The van der Waals surface area contributed by atoms with E-state index in [2.05, 4.69) is 5.32 Å². The second-order valence-corrected chi connectivity index (χ2v) is 4.61. The second kappa shape index (κ2) is 5.82. The Morgan fingerprint density at radius 2 is 2.06 bits per heavy atom. The van der Waals surface area contributed by atoms with Gasteiger partial charge in [0.05, 0.1) is 0 Å². The summed E-state index contributed by atoms with van der Waals surface area (Å²) < 4.78 is 0. The number of carbonyl (C=O) groups is 1. The van der Waals surface area contributed by atoms with Crippen LogP contribution in [0, 0.1) is 0 Å². The molecule has 0 aromatic rings. The van der Waals surface area contributed by atoms with Gasteiger partial charge < -0.3 is 10.2 Å². The van der Waals surface area contributed by atoms with Crippen molar-refractivity contribution in [1.82, 2.24) is 10.2 Å². The lowest BCUT2D eigenvalue weighted by Gasteiger charge is -2.32. The average Bonchev–Trinajstić information content (AvgIpc) is 2.67. The van der Waals surface area contributed by atoms with Gasteiger partial charge in [0, 0.05) is 18.7 Å². The first kappa shape index (κ1) is 12.1. The number of allylic oxidation sites excluding steroid dienone is 5. The van der Waals surface area contributed by atoms with Gasteiger partial charge >= 0.3 is 0 Å². The van der Waals surface area contributed by atoms with Crippen LogP contribution in [0.25, 0.3) is 0 Å². The van der Waals surface area contributed by atoms with Crippen LogP contribution >= 0.6 is 0 Å². The molecule has 0 bridgehead atoms. The van der Waals surface area contributed by atoms with Crippen molar-refractivity contribution >= 4 is 5.91 Å². The topological polar surface area (TPSA) is 32.3 Å². The summed E-state index contributed by atoms with van der Waals surface area (Å²) in [6.45, 7) is 2.03. The van der Waals surface area contributed by atoms with Gasteiger partial charge in [0.25, 0.3) is 0 Å². The molecule has 3 heteroatoms. The van der Waals surface area contributed by atoms with Gasteiger partial charge in [-0.2, -0.15) is 0 Å². The van der Waals surface area contributed by atoms with Crippen molar-refractivity contribution in [3.8, 4) is 0 Å². The van der Waals surface area contributed by atoms with Crippen molar-refractivity contribution in [2.75, 3.05) is 20.1 Å². The first-order chi connectivity index (χ1) is 8.29. The molecular formula is C14H20N2O. The van der Waals surface area contributed by atoms with Crippen molar-refractivity contribution in [2.24, 2.45) is 0 Å². The van der Waals surface area contributed by atoms with Gasteiger partial charge in [-0.25, -0.2) is 0 Å². The largest absolute Gasteiger partial charge is 0.339 e. The summed E-state index contributed by atoms with van der Waals surface area (Å²) in [4.78, 5) is 14.2. The van der Waals surface area contributed by atoms with Crippen molar-refractivity contribution in [3.05, 3.63) is 36.0 Å². The van der Waals surface area contributed by atoms with Crippen molar-refractivity contribution in [1.29, 1.82) is 0 Å². The number of carbonyl (C=O) groups excluding carboxylic acids is 1. The molecule has 0 aromatic heterocycles. The number of hydrogen-bond donors (Lipinski definition) is 1. The summed E-state index contributed by atoms with van der Waals surface area (Å²) in [6, 6.07) is 0.390. The van der Waals surface area contributed by atoms with E-state index in [-0.39, 0.29) is 5.91 Å². The minimum absolute atomic E-state index is 0.174. The number of nitrogens with zero attached hydrogens (tertiary/aromatic N) is 1. The Morgan fingerprint density at radius 1 is 1.29 bits per heavy atom. The van der Waals surface area contributed by atoms with Gasteiger partial charge in [-0.15, -0.1) is 0 Å². The van der Waals surface area contributed by atoms with E-state index in [4.69, 9.17) is 0 Å². The fourth-order valence-electron chi connectivity index (χ4n) is 2.32. The molecule has 1 heterocycles. The van der Waals surface area contributed by atoms with Crippen LogP contribution in [-0.4, -0.2) is 37.0 Å². The zero-order valence-corrected chi connectivity index (χ0v) is 10.4. The maximum atomic E-state index is 12.3. The second-order valence-electron chi connectivity index (χ2n) is 4.61. The summed E-state index contributed by atoms with van der Waals surface area (Å²) in [5, 5.41) is 3.32. The Kier molecular flexibility index (Phi) is 4.15. The van der Waals surface area contributed by atoms with Crippen LogP contribution in [0.5, 0.6) is 0 Å². The molecule has 0 unspecified atom stereocenters. The molecule has 92 valence electrons. The molecular weight excluding hydrogens is 212 g/mol. The SMILES string of the molecule is CN(C(=O)C1=CC=CC=CC1)C1CCNCC1. The predicted octanol–water partition coefficient (Wildman–Crippen LogP) is 1.64. The Hall–Kier alpha value is -1.35.